The van der Waals surface area contributed by atoms with Crippen molar-refractivity contribution in [1.82, 2.24) is 0 Å². The molecule has 1 saturated carbocycles. The quantitative estimate of drug-likeness (QED) is 0.615. The van der Waals surface area contributed by atoms with Crippen molar-refractivity contribution >= 4 is 8.32 Å². The molecule has 1 aliphatic heterocycles. The van der Waals surface area contributed by atoms with Crippen LogP contribution in [0.1, 0.15) is 44.9 Å². The molecule has 2 fully saturated rings. The van der Waals surface area contributed by atoms with E-state index in [0.717, 1.165) is 0 Å². The highest BCUT2D eigenvalue weighted by atomic mass is 28.4. The minimum absolute atomic E-state index is 0.662. The molecule has 0 radical (unpaired) electrons. The Balaban J connectivity index is 1.83. The third kappa shape index (κ3) is 2.56. The molecule has 2 rings (SSSR count). The van der Waals surface area contributed by atoms with Gasteiger partial charge in [-0.15, -0.1) is 0 Å². The maximum atomic E-state index is 6.38. The lowest BCUT2D eigenvalue weighted by atomic mass is 10.3. The second kappa shape index (κ2) is 4.14. The van der Waals surface area contributed by atoms with Gasteiger partial charge in [0.05, 0.1) is 0 Å². The van der Waals surface area contributed by atoms with Crippen LogP contribution in [0.25, 0.3) is 0 Å². The number of hydrogen-bond donors (Lipinski definition) is 0. The van der Waals surface area contributed by atoms with E-state index in [2.05, 4.69) is 6.55 Å². The first-order valence-corrected chi connectivity index (χ1v) is 8.79. The summed E-state index contributed by atoms with van der Waals surface area (Å²) in [6.45, 7) is 2.46. The molecule has 1 aliphatic carbocycles. The molecule has 2 aliphatic rings. The van der Waals surface area contributed by atoms with E-state index in [1.54, 1.807) is 0 Å². The van der Waals surface area contributed by atoms with Gasteiger partial charge in [0, 0.05) is 6.10 Å². The zero-order chi connectivity index (χ0) is 9.15. The normalized spacial score (nSPS) is 29.3. The van der Waals surface area contributed by atoms with Gasteiger partial charge < -0.3 is 4.43 Å². The second-order valence-electron chi connectivity index (χ2n) is 5.03. The van der Waals surface area contributed by atoms with E-state index in [-0.39, 0.29) is 0 Å². The summed E-state index contributed by atoms with van der Waals surface area (Å²) in [6.07, 6.45) is 10.5. The first-order valence-electron chi connectivity index (χ1n) is 5.96. The first kappa shape index (κ1) is 9.72. The minimum Gasteiger partial charge on any atom is -0.414 e. The lowest BCUT2D eigenvalue weighted by molar-refractivity contribution is 0.192. The van der Waals surface area contributed by atoms with Crippen molar-refractivity contribution in [3.8, 4) is 0 Å². The van der Waals surface area contributed by atoms with Crippen molar-refractivity contribution in [2.24, 2.45) is 0 Å². The van der Waals surface area contributed by atoms with Crippen molar-refractivity contribution in [2.75, 3.05) is 0 Å². The predicted molar refractivity (Wildman–Crippen MR) is 58.4 cm³/mol. The summed E-state index contributed by atoms with van der Waals surface area (Å²) < 4.78 is 6.38. The van der Waals surface area contributed by atoms with Crippen LogP contribution in [0.5, 0.6) is 0 Å². The van der Waals surface area contributed by atoms with Crippen LogP contribution in [0.3, 0.4) is 0 Å². The fourth-order valence-corrected chi connectivity index (χ4v) is 6.35. The van der Waals surface area contributed by atoms with Gasteiger partial charge in [-0.1, -0.05) is 32.1 Å². The number of rotatable bonds is 2. The molecule has 0 aromatic heterocycles. The lowest BCUT2D eigenvalue weighted by Crippen LogP contribution is -2.39. The molecular formula is C11H22OSi. The fourth-order valence-electron chi connectivity index (χ4n) is 2.83. The van der Waals surface area contributed by atoms with Gasteiger partial charge >= 0.3 is 0 Å². The van der Waals surface area contributed by atoms with E-state index in [1.165, 1.54) is 57.0 Å². The molecule has 0 atom stereocenters. The SMILES string of the molecule is C[Si]1(OC2CCCC2)CCCCC1. The molecule has 0 bridgehead atoms. The van der Waals surface area contributed by atoms with Crippen LogP contribution in [0.2, 0.25) is 18.6 Å². The van der Waals surface area contributed by atoms with Crippen LogP contribution in [0, 0.1) is 0 Å². The van der Waals surface area contributed by atoms with Gasteiger partial charge in [0.2, 0.25) is 0 Å². The average Bonchev–Trinajstić information content (AvgIpc) is 2.57. The highest BCUT2D eigenvalue weighted by Crippen LogP contribution is 2.33. The van der Waals surface area contributed by atoms with Crippen molar-refractivity contribution in [2.45, 2.75) is 69.7 Å². The van der Waals surface area contributed by atoms with Crippen molar-refractivity contribution in [3.05, 3.63) is 0 Å². The van der Waals surface area contributed by atoms with E-state index in [4.69, 9.17) is 4.43 Å². The highest BCUT2D eigenvalue weighted by Gasteiger charge is 2.34. The summed E-state index contributed by atoms with van der Waals surface area (Å²) in [6, 6.07) is 2.87. The Labute approximate surface area is 83.0 Å². The van der Waals surface area contributed by atoms with Crippen LogP contribution in [0.15, 0.2) is 0 Å². The molecule has 0 amide bonds. The van der Waals surface area contributed by atoms with Crippen LogP contribution < -0.4 is 0 Å². The van der Waals surface area contributed by atoms with Crippen LogP contribution in [-0.4, -0.2) is 14.4 Å². The number of hydrogen-bond acceptors (Lipinski definition) is 1. The molecule has 0 aromatic carbocycles. The van der Waals surface area contributed by atoms with Gasteiger partial charge in [-0.05, 0) is 31.5 Å². The van der Waals surface area contributed by atoms with Gasteiger partial charge in [-0.3, -0.25) is 0 Å². The molecule has 0 unspecified atom stereocenters. The topological polar surface area (TPSA) is 9.23 Å². The van der Waals surface area contributed by atoms with Crippen LogP contribution in [-0.2, 0) is 4.43 Å². The van der Waals surface area contributed by atoms with Crippen molar-refractivity contribution in [3.63, 3.8) is 0 Å². The largest absolute Gasteiger partial charge is 0.414 e. The predicted octanol–water partition coefficient (Wildman–Crippen LogP) is 3.70. The molecule has 0 N–H and O–H groups in total. The standard InChI is InChI=1S/C11H22OSi/c1-13(9-5-2-6-10-13)12-11-7-3-4-8-11/h11H,2-10H2,1H3. The fraction of sp³-hybridized carbons (Fsp3) is 1.00. The summed E-state index contributed by atoms with van der Waals surface area (Å²) in [5.74, 6) is 0. The van der Waals surface area contributed by atoms with Crippen LogP contribution >= 0.6 is 0 Å². The van der Waals surface area contributed by atoms with Crippen molar-refractivity contribution < 1.29 is 4.43 Å². The Kier molecular flexibility index (Phi) is 3.09. The van der Waals surface area contributed by atoms with Gasteiger partial charge in [-0.25, -0.2) is 0 Å². The maximum Gasteiger partial charge on any atom is 0.190 e. The molecular weight excluding hydrogens is 176 g/mol. The molecule has 2 heteroatoms. The van der Waals surface area contributed by atoms with Gasteiger partial charge in [0.25, 0.3) is 0 Å². The Morgan fingerprint density at radius 3 is 2.15 bits per heavy atom. The molecule has 0 aromatic rings. The molecule has 13 heavy (non-hydrogen) atoms. The van der Waals surface area contributed by atoms with Crippen LogP contribution in [0.4, 0.5) is 0 Å². The molecule has 1 nitrogen and oxygen atoms in total. The summed E-state index contributed by atoms with van der Waals surface area (Å²) in [5.41, 5.74) is 0. The zero-order valence-electron chi connectivity index (χ0n) is 8.85. The summed E-state index contributed by atoms with van der Waals surface area (Å²) in [4.78, 5) is 0. The van der Waals surface area contributed by atoms with E-state index in [9.17, 15) is 0 Å². The summed E-state index contributed by atoms with van der Waals surface area (Å²) in [5, 5.41) is 0. The Bertz CT molecular complexity index is 157. The van der Waals surface area contributed by atoms with E-state index in [0.29, 0.717) is 6.10 Å². The molecule has 76 valence electrons. The Morgan fingerprint density at radius 2 is 1.54 bits per heavy atom. The third-order valence-electron chi connectivity index (χ3n) is 3.66. The summed E-state index contributed by atoms with van der Waals surface area (Å²) >= 11 is 0. The molecule has 0 spiro atoms. The van der Waals surface area contributed by atoms with E-state index in [1.807, 2.05) is 0 Å². The molecule has 1 heterocycles. The second-order valence-corrected chi connectivity index (χ2v) is 9.17. The highest BCUT2D eigenvalue weighted by molar-refractivity contribution is 6.72. The van der Waals surface area contributed by atoms with Crippen molar-refractivity contribution in [1.29, 1.82) is 0 Å². The van der Waals surface area contributed by atoms with Gasteiger partial charge in [-0.2, -0.15) is 0 Å². The van der Waals surface area contributed by atoms with E-state index < -0.39 is 8.32 Å². The Hall–Kier alpha value is 0.177. The monoisotopic (exact) mass is 198 g/mol. The maximum absolute atomic E-state index is 6.38. The first-order chi connectivity index (χ1) is 6.29. The molecule has 1 saturated heterocycles. The Morgan fingerprint density at radius 1 is 0.923 bits per heavy atom. The van der Waals surface area contributed by atoms with Gasteiger partial charge in [0.1, 0.15) is 0 Å². The lowest BCUT2D eigenvalue weighted by Gasteiger charge is -2.34. The van der Waals surface area contributed by atoms with E-state index >= 15 is 0 Å². The zero-order valence-corrected chi connectivity index (χ0v) is 9.85. The average molecular weight is 198 g/mol. The smallest absolute Gasteiger partial charge is 0.190 e. The minimum atomic E-state index is -1.20. The third-order valence-corrected chi connectivity index (χ3v) is 7.39. The van der Waals surface area contributed by atoms with Gasteiger partial charge in [0.15, 0.2) is 8.32 Å². The summed E-state index contributed by atoms with van der Waals surface area (Å²) in [7, 11) is -1.20.